The largest absolute Gasteiger partial charge is 0.369 e. The molecule has 0 spiro atoms. The van der Waals surface area contributed by atoms with E-state index in [1.165, 1.54) is 32.1 Å². The molecular weight excluding hydrogens is 340 g/mol. The molecule has 3 heteroatoms. The van der Waals surface area contributed by atoms with Crippen molar-refractivity contribution in [3.05, 3.63) is 98.2 Å². The molecular formula is C23H21ClN2. The summed E-state index contributed by atoms with van der Waals surface area (Å²) in [5.41, 5.74) is 2.69. The van der Waals surface area contributed by atoms with E-state index in [0.717, 1.165) is 37.7 Å². The third-order valence-electron chi connectivity index (χ3n) is 5.57. The minimum Gasteiger partial charge on any atom is -0.369 e. The molecule has 3 aromatic rings. The number of hydrogen-bond acceptors (Lipinski definition) is 2. The van der Waals surface area contributed by atoms with Crippen molar-refractivity contribution in [2.45, 2.75) is 6.54 Å². The first-order valence-corrected chi connectivity index (χ1v) is 9.61. The number of benzene rings is 3. The minimum atomic E-state index is 0.806. The molecule has 0 amide bonds. The Morgan fingerprint density at radius 1 is 0.692 bits per heavy atom. The zero-order valence-corrected chi connectivity index (χ0v) is 15.4. The molecule has 0 N–H and O–H groups in total. The van der Waals surface area contributed by atoms with E-state index in [4.69, 9.17) is 11.6 Å². The van der Waals surface area contributed by atoms with Gasteiger partial charge >= 0.3 is 0 Å². The molecule has 0 unspecified atom stereocenters. The summed E-state index contributed by atoms with van der Waals surface area (Å²) >= 11 is 5.98. The minimum absolute atomic E-state index is 0.806. The maximum Gasteiger partial charge on any atom is 0.0406 e. The Kier molecular flexibility index (Phi) is 3.96. The summed E-state index contributed by atoms with van der Waals surface area (Å²) in [6.45, 7) is 5.34. The number of rotatable bonds is 3. The maximum absolute atomic E-state index is 5.98. The molecule has 0 atom stereocenters. The quantitative estimate of drug-likeness (QED) is 0.529. The Labute approximate surface area is 158 Å². The summed E-state index contributed by atoms with van der Waals surface area (Å²) in [5, 5.41) is 6.39. The van der Waals surface area contributed by atoms with Gasteiger partial charge in [0.05, 0.1) is 0 Å². The fourth-order valence-corrected chi connectivity index (χ4v) is 4.22. The van der Waals surface area contributed by atoms with E-state index < -0.39 is 0 Å². The lowest BCUT2D eigenvalue weighted by Gasteiger charge is -2.36. The molecule has 0 aromatic heterocycles. The van der Waals surface area contributed by atoms with Gasteiger partial charge in [-0.3, -0.25) is 4.90 Å². The van der Waals surface area contributed by atoms with Crippen molar-refractivity contribution in [3.8, 4) is 0 Å². The monoisotopic (exact) mass is 360 g/mol. The zero-order valence-electron chi connectivity index (χ0n) is 14.7. The predicted molar refractivity (Wildman–Crippen MR) is 107 cm³/mol. The smallest absolute Gasteiger partial charge is 0.0406 e. The van der Waals surface area contributed by atoms with Crippen molar-refractivity contribution >= 4 is 17.3 Å². The van der Waals surface area contributed by atoms with Gasteiger partial charge < -0.3 is 4.90 Å². The van der Waals surface area contributed by atoms with Gasteiger partial charge in [0.1, 0.15) is 0 Å². The molecule has 0 radical (unpaired) electrons. The van der Waals surface area contributed by atoms with Crippen molar-refractivity contribution in [1.29, 1.82) is 0 Å². The summed E-state index contributed by atoms with van der Waals surface area (Å²) in [6, 6.07) is 23.8. The van der Waals surface area contributed by atoms with E-state index in [0.29, 0.717) is 0 Å². The molecule has 1 fully saturated rings. The number of piperazine rings is 1. The molecule has 1 saturated heterocycles. The lowest BCUT2D eigenvalue weighted by atomic mass is 10.0. The van der Waals surface area contributed by atoms with Gasteiger partial charge in [0.25, 0.3) is 0 Å². The molecule has 2 aliphatic rings. The first-order valence-electron chi connectivity index (χ1n) is 9.23. The van der Waals surface area contributed by atoms with Crippen molar-refractivity contribution in [2.75, 3.05) is 31.1 Å². The highest BCUT2D eigenvalue weighted by atomic mass is 35.5. The van der Waals surface area contributed by atoms with Gasteiger partial charge in [-0.05, 0) is 50.7 Å². The van der Waals surface area contributed by atoms with Gasteiger partial charge in [0.15, 0.2) is 0 Å². The molecule has 1 aliphatic heterocycles. The average molecular weight is 361 g/mol. The zero-order chi connectivity index (χ0) is 17.5. The van der Waals surface area contributed by atoms with Crippen LogP contribution in [0.15, 0.2) is 66.7 Å². The summed E-state index contributed by atoms with van der Waals surface area (Å²) in [6.07, 6.45) is 0. The fourth-order valence-electron chi connectivity index (χ4n) is 4.09. The lowest BCUT2D eigenvalue weighted by molar-refractivity contribution is 0.250. The van der Waals surface area contributed by atoms with Crippen LogP contribution >= 0.6 is 11.6 Å². The van der Waals surface area contributed by atoms with Crippen LogP contribution in [-0.4, -0.2) is 31.1 Å². The van der Waals surface area contributed by atoms with E-state index >= 15 is 0 Å². The highest BCUT2D eigenvalue weighted by molar-refractivity contribution is 6.30. The van der Waals surface area contributed by atoms with Crippen molar-refractivity contribution in [2.24, 2.45) is 0 Å². The summed E-state index contributed by atoms with van der Waals surface area (Å²) in [4.78, 5) is 5.04. The molecule has 0 saturated carbocycles. The van der Waals surface area contributed by atoms with Gasteiger partial charge in [-0.15, -0.1) is 0 Å². The molecule has 130 valence electrons. The summed E-state index contributed by atoms with van der Waals surface area (Å²) < 4.78 is 0. The number of nitrogens with zero attached hydrogens (tertiary/aromatic N) is 2. The highest BCUT2D eigenvalue weighted by Crippen LogP contribution is 2.22. The number of fused-ring (bicyclic) bond motifs is 2. The van der Waals surface area contributed by atoms with Crippen LogP contribution in [0.3, 0.4) is 0 Å². The second-order valence-electron chi connectivity index (χ2n) is 7.17. The van der Waals surface area contributed by atoms with Gasteiger partial charge in [0, 0.05) is 43.4 Å². The third kappa shape index (κ3) is 2.80. The standard InChI is InChI=1S/C23H21ClN2/c24-18-7-5-17(6-8-18)16-25-11-13-26(14-12-25)19-9-10-22-20-3-1-2-4-21(20)23(22)15-19/h1-10,15H,11-14,16H2. The molecule has 1 aliphatic carbocycles. The average Bonchev–Trinajstić information content (AvgIpc) is 2.68. The number of hydrogen-bond donors (Lipinski definition) is 0. The first kappa shape index (κ1) is 15.9. The fraction of sp³-hybridized carbons (Fsp3) is 0.217. The van der Waals surface area contributed by atoms with Crippen molar-refractivity contribution in [1.82, 2.24) is 4.90 Å². The molecule has 1 heterocycles. The SMILES string of the molecule is Clc1ccc(CN2CCN(c3ccc4c(c3)=c3ccccc3=4)CC2)cc1. The van der Waals surface area contributed by atoms with Gasteiger partial charge in [-0.2, -0.15) is 0 Å². The van der Waals surface area contributed by atoms with Crippen LogP contribution < -0.4 is 4.90 Å². The van der Waals surface area contributed by atoms with Crippen LogP contribution in [0.1, 0.15) is 5.56 Å². The first-order chi connectivity index (χ1) is 12.8. The predicted octanol–water partition coefficient (Wildman–Crippen LogP) is 4.55. The Bertz CT molecular complexity index is 1130. The second-order valence-corrected chi connectivity index (χ2v) is 7.60. The third-order valence-corrected chi connectivity index (χ3v) is 5.82. The van der Waals surface area contributed by atoms with Gasteiger partial charge in [-0.25, -0.2) is 0 Å². The summed E-state index contributed by atoms with van der Waals surface area (Å²) in [5.74, 6) is 0. The van der Waals surface area contributed by atoms with Crippen LogP contribution in [-0.2, 0) is 6.54 Å². The summed E-state index contributed by atoms with van der Waals surface area (Å²) in [7, 11) is 0. The van der Waals surface area contributed by atoms with Gasteiger partial charge in [0.2, 0.25) is 0 Å². The lowest BCUT2D eigenvalue weighted by Crippen LogP contribution is -2.46. The Hall–Kier alpha value is -2.29. The molecule has 3 aromatic carbocycles. The van der Waals surface area contributed by atoms with Crippen molar-refractivity contribution < 1.29 is 0 Å². The Morgan fingerprint density at radius 2 is 1.35 bits per heavy atom. The normalized spacial score (nSPS) is 16.0. The maximum atomic E-state index is 5.98. The molecule has 2 nitrogen and oxygen atoms in total. The van der Waals surface area contributed by atoms with Crippen molar-refractivity contribution in [3.63, 3.8) is 0 Å². The van der Waals surface area contributed by atoms with Crippen LogP contribution in [0, 0.1) is 20.9 Å². The molecule has 26 heavy (non-hydrogen) atoms. The molecule has 5 rings (SSSR count). The van der Waals surface area contributed by atoms with Crippen LogP contribution in [0.25, 0.3) is 0 Å². The molecule has 0 bridgehead atoms. The van der Waals surface area contributed by atoms with E-state index in [1.54, 1.807) is 0 Å². The van der Waals surface area contributed by atoms with E-state index in [9.17, 15) is 0 Å². The van der Waals surface area contributed by atoms with Crippen LogP contribution in [0.5, 0.6) is 0 Å². The Morgan fingerprint density at radius 3 is 2.08 bits per heavy atom. The Balaban J connectivity index is 1.30. The number of halogens is 1. The second kappa shape index (κ2) is 6.46. The van der Waals surface area contributed by atoms with E-state index in [1.807, 2.05) is 12.1 Å². The number of anilines is 1. The van der Waals surface area contributed by atoms with E-state index in [2.05, 4.69) is 64.4 Å². The van der Waals surface area contributed by atoms with E-state index in [-0.39, 0.29) is 0 Å². The highest BCUT2D eigenvalue weighted by Gasteiger charge is 2.18. The van der Waals surface area contributed by atoms with Crippen LogP contribution in [0.2, 0.25) is 5.02 Å². The van der Waals surface area contributed by atoms with Crippen LogP contribution in [0.4, 0.5) is 5.69 Å². The van der Waals surface area contributed by atoms with Gasteiger partial charge in [-0.1, -0.05) is 54.1 Å². The topological polar surface area (TPSA) is 6.48 Å².